The number of rotatable bonds is 4. The van der Waals surface area contributed by atoms with Crippen molar-refractivity contribution in [2.45, 2.75) is 24.3 Å². The van der Waals surface area contributed by atoms with E-state index in [2.05, 4.69) is 0 Å². The maximum atomic E-state index is 11.4. The molecule has 90 valence electrons. The molecule has 0 bridgehead atoms. The fourth-order valence-corrected chi connectivity index (χ4v) is 2.16. The van der Waals surface area contributed by atoms with Gasteiger partial charge in [0, 0.05) is 12.3 Å². The standard InChI is InChI=1S/C11H17NO3S/c1-8(12)6-9-7-10(16(3,13)14)4-5-11(9)15-2/h4-5,7-8H,6,12H2,1-3H3. The highest BCUT2D eigenvalue weighted by Gasteiger charge is 2.12. The largest absolute Gasteiger partial charge is 0.496 e. The molecule has 5 heteroatoms. The molecule has 0 aliphatic carbocycles. The molecule has 0 spiro atoms. The highest BCUT2D eigenvalue weighted by atomic mass is 32.2. The van der Waals surface area contributed by atoms with E-state index in [-0.39, 0.29) is 6.04 Å². The minimum Gasteiger partial charge on any atom is -0.496 e. The van der Waals surface area contributed by atoms with E-state index in [1.807, 2.05) is 6.92 Å². The predicted octanol–water partition coefficient (Wildman–Crippen LogP) is 0.988. The lowest BCUT2D eigenvalue weighted by atomic mass is 10.1. The Bertz CT molecular complexity index is 466. The van der Waals surface area contributed by atoms with Gasteiger partial charge in [0.15, 0.2) is 9.84 Å². The van der Waals surface area contributed by atoms with Gasteiger partial charge in [0.1, 0.15) is 5.75 Å². The molecule has 0 amide bonds. The third-order valence-electron chi connectivity index (χ3n) is 2.22. The van der Waals surface area contributed by atoms with Crippen molar-refractivity contribution in [2.75, 3.05) is 13.4 Å². The van der Waals surface area contributed by atoms with Crippen LogP contribution >= 0.6 is 0 Å². The molecule has 0 heterocycles. The van der Waals surface area contributed by atoms with Gasteiger partial charge in [-0.1, -0.05) is 0 Å². The Hall–Kier alpha value is -1.07. The number of sulfone groups is 1. The molecule has 4 nitrogen and oxygen atoms in total. The fraction of sp³-hybridized carbons (Fsp3) is 0.455. The minimum atomic E-state index is -3.18. The second-order valence-electron chi connectivity index (χ2n) is 3.93. The second kappa shape index (κ2) is 4.84. The first-order valence-electron chi connectivity index (χ1n) is 4.97. The topological polar surface area (TPSA) is 69.4 Å². The summed E-state index contributed by atoms with van der Waals surface area (Å²) in [5.74, 6) is 0.671. The van der Waals surface area contributed by atoms with Gasteiger partial charge in [-0.05, 0) is 37.1 Å². The van der Waals surface area contributed by atoms with Gasteiger partial charge in [0.05, 0.1) is 12.0 Å². The first-order chi connectivity index (χ1) is 7.34. The van der Waals surface area contributed by atoms with Gasteiger partial charge in [-0.3, -0.25) is 0 Å². The summed E-state index contributed by atoms with van der Waals surface area (Å²) in [6.45, 7) is 1.87. The molecular formula is C11H17NO3S. The summed E-state index contributed by atoms with van der Waals surface area (Å²) in [5, 5.41) is 0. The van der Waals surface area contributed by atoms with Crippen LogP contribution in [0.15, 0.2) is 23.1 Å². The Morgan fingerprint density at radius 1 is 1.44 bits per heavy atom. The molecule has 0 fully saturated rings. The van der Waals surface area contributed by atoms with Crippen molar-refractivity contribution >= 4 is 9.84 Å². The number of benzene rings is 1. The second-order valence-corrected chi connectivity index (χ2v) is 5.94. The van der Waals surface area contributed by atoms with Crippen LogP contribution in [0.25, 0.3) is 0 Å². The van der Waals surface area contributed by atoms with Crippen molar-refractivity contribution in [3.8, 4) is 5.75 Å². The lowest BCUT2D eigenvalue weighted by Crippen LogP contribution is -2.18. The summed E-state index contributed by atoms with van der Waals surface area (Å²) in [6, 6.07) is 4.79. The first-order valence-corrected chi connectivity index (χ1v) is 6.86. The first kappa shape index (κ1) is 13.0. The monoisotopic (exact) mass is 243 g/mol. The zero-order valence-corrected chi connectivity index (χ0v) is 10.5. The molecule has 0 aromatic heterocycles. The van der Waals surface area contributed by atoms with Crippen LogP contribution in [-0.2, 0) is 16.3 Å². The van der Waals surface area contributed by atoms with E-state index in [4.69, 9.17) is 10.5 Å². The average Bonchev–Trinajstić information content (AvgIpc) is 2.15. The van der Waals surface area contributed by atoms with Crippen LogP contribution in [0, 0.1) is 0 Å². The summed E-state index contributed by atoms with van der Waals surface area (Å²) in [6.07, 6.45) is 1.77. The van der Waals surface area contributed by atoms with Gasteiger partial charge < -0.3 is 10.5 Å². The van der Waals surface area contributed by atoms with E-state index in [9.17, 15) is 8.42 Å². The van der Waals surface area contributed by atoms with E-state index in [1.54, 1.807) is 25.3 Å². The van der Waals surface area contributed by atoms with E-state index in [0.29, 0.717) is 17.1 Å². The summed E-state index contributed by atoms with van der Waals surface area (Å²) in [5.41, 5.74) is 6.52. The fourth-order valence-electron chi connectivity index (χ4n) is 1.49. The van der Waals surface area contributed by atoms with Gasteiger partial charge in [-0.15, -0.1) is 0 Å². The van der Waals surface area contributed by atoms with Crippen LogP contribution in [-0.4, -0.2) is 27.8 Å². The summed E-state index contributed by atoms with van der Waals surface area (Å²) in [4.78, 5) is 0.295. The van der Waals surface area contributed by atoms with Crippen LogP contribution < -0.4 is 10.5 Å². The van der Waals surface area contributed by atoms with E-state index < -0.39 is 9.84 Å². The van der Waals surface area contributed by atoms with Crippen molar-refractivity contribution in [1.82, 2.24) is 0 Å². The third kappa shape index (κ3) is 3.21. The SMILES string of the molecule is COc1ccc(S(C)(=O)=O)cc1CC(C)N. The van der Waals surface area contributed by atoms with Crippen LogP contribution in [0.3, 0.4) is 0 Å². The molecule has 0 radical (unpaired) electrons. The van der Waals surface area contributed by atoms with Crippen molar-refractivity contribution in [3.05, 3.63) is 23.8 Å². The zero-order chi connectivity index (χ0) is 12.3. The Morgan fingerprint density at radius 3 is 2.50 bits per heavy atom. The Morgan fingerprint density at radius 2 is 2.06 bits per heavy atom. The van der Waals surface area contributed by atoms with Gasteiger partial charge >= 0.3 is 0 Å². The van der Waals surface area contributed by atoms with Crippen molar-refractivity contribution in [2.24, 2.45) is 5.73 Å². The van der Waals surface area contributed by atoms with E-state index >= 15 is 0 Å². The summed E-state index contributed by atoms with van der Waals surface area (Å²) < 4.78 is 28.0. The average molecular weight is 243 g/mol. The molecule has 0 saturated heterocycles. The molecule has 2 N–H and O–H groups in total. The maximum absolute atomic E-state index is 11.4. The minimum absolute atomic E-state index is 0.0382. The van der Waals surface area contributed by atoms with Gasteiger partial charge in [-0.25, -0.2) is 8.42 Å². The number of nitrogens with two attached hydrogens (primary N) is 1. The highest BCUT2D eigenvalue weighted by molar-refractivity contribution is 7.90. The third-order valence-corrected chi connectivity index (χ3v) is 3.33. The molecule has 1 unspecified atom stereocenters. The van der Waals surface area contributed by atoms with Crippen LogP contribution in [0.5, 0.6) is 5.75 Å². The number of ether oxygens (including phenoxy) is 1. The van der Waals surface area contributed by atoms with Gasteiger partial charge in [0.25, 0.3) is 0 Å². The van der Waals surface area contributed by atoms with Crippen molar-refractivity contribution in [1.29, 1.82) is 0 Å². The van der Waals surface area contributed by atoms with Crippen LogP contribution in [0.4, 0.5) is 0 Å². The number of methoxy groups -OCH3 is 1. The Balaban J connectivity index is 3.21. The molecular weight excluding hydrogens is 226 g/mol. The lowest BCUT2D eigenvalue weighted by molar-refractivity contribution is 0.408. The summed E-state index contributed by atoms with van der Waals surface area (Å²) in [7, 11) is -1.63. The number of hydrogen-bond donors (Lipinski definition) is 1. The number of hydrogen-bond acceptors (Lipinski definition) is 4. The molecule has 1 aromatic rings. The maximum Gasteiger partial charge on any atom is 0.175 e. The van der Waals surface area contributed by atoms with E-state index in [0.717, 1.165) is 5.56 Å². The molecule has 1 atom stereocenters. The van der Waals surface area contributed by atoms with Crippen molar-refractivity contribution in [3.63, 3.8) is 0 Å². The Labute approximate surface area is 96.3 Å². The van der Waals surface area contributed by atoms with Crippen LogP contribution in [0.1, 0.15) is 12.5 Å². The molecule has 16 heavy (non-hydrogen) atoms. The van der Waals surface area contributed by atoms with E-state index in [1.165, 1.54) is 6.26 Å². The van der Waals surface area contributed by atoms with Gasteiger partial charge in [-0.2, -0.15) is 0 Å². The lowest BCUT2D eigenvalue weighted by Gasteiger charge is -2.11. The normalized spacial score (nSPS) is 13.5. The molecule has 0 saturated carbocycles. The smallest absolute Gasteiger partial charge is 0.175 e. The quantitative estimate of drug-likeness (QED) is 0.856. The summed E-state index contributed by atoms with van der Waals surface area (Å²) >= 11 is 0. The molecule has 0 aliphatic heterocycles. The Kier molecular flexibility index (Phi) is 3.93. The van der Waals surface area contributed by atoms with Crippen molar-refractivity contribution < 1.29 is 13.2 Å². The molecule has 1 rings (SSSR count). The van der Waals surface area contributed by atoms with Gasteiger partial charge in [0.2, 0.25) is 0 Å². The molecule has 0 aliphatic rings. The predicted molar refractivity (Wildman–Crippen MR) is 63.5 cm³/mol. The highest BCUT2D eigenvalue weighted by Crippen LogP contribution is 2.23. The zero-order valence-electron chi connectivity index (χ0n) is 9.73. The molecule has 1 aromatic carbocycles. The van der Waals surface area contributed by atoms with Crippen LogP contribution in [0.2, 0.25) is 0 Å².